The van der Waals surface area contributed by atoms with E-state index in [1.807, 2.05) is 13.0 Å². The highest BCUT2D eigenvalue weighted by molar-refractivity contribution is 9.10. The summed E-state index contributed by atoms with van der Waals surface area (Å²) in [6, 6.07) is 6.99. The number of halogens is 1. The average molecular weight is 315 g/mol. The minimum atomic E-state index is -1.14. The molecule has 0 aliphatic rings. The first kappa shape index (κ1) is 15.3. The first-order valence-electron chi connectivity index (χ1n) is 6.05. The van der Waals surface area contributed by atoms with Crippen LogP contribution >= 0.6 is 15.9 Å². The molecule has 1 rings (SSSR count). The van der Waals surface area contributed by atoms with Crippen LogP contribution in [0.3, 0.4) is 0 Å². The molecule has 0 amide bonds. The lowest BCUT2D eigenvalue weighted by atomic mass is 9.76. The van der Waals surface area contributed by atoms with Crippen LogP contribution in [0, 0.1) is 5.41 Å². The molecule has 0 bridgehead atoms. The van der Waals surface area contributed by atoms with E-state index in [9.17, 15) is 15.0 Å². The van der Waals surface area contributed by atoms with Gasteiger partial charge in [-0.25, -0.2) is 0 Å². The van der Waals surface area contributed by atoms with Crippen molar-refractivity contribution in [3.63, 3.8) is 0 Å². The van der Waals surface area contributed by atoms with E-state index in [1.54, 1.807) is 25.1 Å². The molecule has 0 saturated carbocycles. The number of aliphatic hydroxyl groups excluding tert-OH is 2. The number of carbonyl (C=O) groups is 1. The van der Waals surface area contributed by atoms with Crippen molar-refractivity contribution in [1.29, 1.82) is 0 Å². The first-order chi connectivity index (χ1) is 8.45. The van der Waals surface area contributed by atoms with Crippen molar-refractivity contribution in [3.05, 3.63) is 34.3 Å². The first-order valence-corrected chi connectivity index (χ1v) is 6.84. The van der Waals surface area contributed by atoms with Crippen LogP contribution in [0.15, 0.2) is 28.7 Å². The van der Waals surface area contributed by atoms with Crippen LogP contribution in [0.2, 0.25) is 0 Å². The Morgan fingerprint density at radius 3 is 2.67 bits per heavy atom. The number of ketones is 1. The molecule has 18 heavy (non-hydrogen) atoms. The molecule has 1 aromatic carbocycles. The van der Waals surface area contributed by atoms with Crippen molar-refractivity contribution in [2.45, 2.75) is 32.8 Å². The quantitative estimate of drug-likeness (QED) is 0.794. The van der Waals surface area contributed by atoms with Crippen LogP contribution in [0.5, 0.6) is 0 Å². The molecule has 0 fully saturated rings. The Labute approximate surface area is 116 Å². The molecule has 0 heterocycles. The summed E-state index contributed by atoms with van der Waals surface area (Å²) in [6.07, 6.45) is 0.429. The minimum Gasteiger partial charge on any atom is -0.395 e. The van der Waals surface area contributed by atoms with Gasteiger partial charge in [0.1, 0.15) is 0 Å². The number of rotatable bonds is 6. The fraction of sp³-hybridized carbons (Fsp3) is 0.500. The standard InChI is InChI=1S/C14H19BrO3/c1-3-5-12(17)14(2,9-16)13(18)10-6-4-7-11(15)8-10/h4,6-8,12,16-17H,3,5,9H2,1-2H3/t12-,14+/m0/s1. The van der Waals surface area contributed by atoms with Crippen molar-refractivity contribution >= 4 is 21.7 Å². The van der Waals surface area contributed by atoms with Gasteiger partial charge in [-0.1, -0.05) is 41.4 Å². The van der Waals surface area contributed by atoms with Gasteiger partial charge in [0.15, 0.2) is 5.78 Å². The average Bonchev–Trinajstić information content (AvgIpc) is 2.37. The summed E-state index contributed by atoms with van der Waals surface area (Å²) in [7, 11) is 0. The van der Waals surface area contributed by atoms with Gasteiger partial charge in [0, 0.05) is 10.0 Å². The Kier molecular flexibility index (Phi) is 5.50. The van der Waals surface area contributed by atoms with E-state index in [0.29, 0.717) is 12.0 Å². The van der Waals surface area contributed by atoms with Crippen molar-refractivity contribution in [2.24, 2.45) is 5.41 Å². The minimum absolute atomic E-state index is 0.229. The van der Waals surface area contributed by atoms with E-state index in [1.165, 1.54) is 0 Å². The summed E-state index contributed by atoms with van der Waals surface area (Å²) < 4.78 is 0.804. The largest absolute Gasteiger partial charge is 0.395 e. The summed E-state index contributed by atoms with van der Waals surface area (Å²) in [5.74, 6) is -0.229. The van der Waals surface area contributed by atoms with Gasteiger partial charge in [0.2, 0.25) is 0 Å². The molecule has 0 unspecified atom stereocenters. The second-order valence-electron chi connectivity index (χ2n) is 4.72. The zero-order valence-electron chi connectivity index (χ0n) is 10.7. The monoisotopic (exact) mass is 314 g/mol. The maximum atomic E-state index is 12.4. The van der Waals surface area contributed by atoms with E-state index in [2.05, 4.69) is 15.9 Å². The molecule has 1 aromatic rings. The number of aliphatic hydroxyl groups is 2. The lowest BCUT2D eigenvalue weighted by molar-refractivity contribution is 0.000554. The molecule has 4 heteroatoms. The van der Waals surface area contributed by atoms with Gasteiger partial charge in [-0.3, -0.25) is 4.79 Å². The molecule has 0 radical (unpaired) electrons. The van der Waals surface area contributed by atoms with E-state index >= 15 is 0 Å². The number of Topliss-reactive ketones (excluding diaryl/α,β-unsaturated/α-hetero) is 1. The van der Waals surface area contributed by atoms with Gasteiger partial charge in [-0.05, 0) is 25.5 Å². The van der Waals surface area contributed by atoms with Crippen LogP contribution in [0.4, 0.5) is 0 Å². The number of hydrogen-bond acceptors (Lipinski definition) is 3. The SMILES string of the molecule is CCC[C@H](O)[C@@](C)(CO)C(=O)c1cccc(Br)c1. The molecule has 2 atom stereocenters. The molecule has 3 nitrogen and oxygen atoms in total. The summed E-state index contributed by atoms with van der Waals surface area (Å²) >= 11 is 3.31. The van der Waals surface area contributed by atoms with E-state index < -0.39 is 11.5 Å². The maximum absolute atomic E-state index is 12.4. The molecule has 100 valence electrons. The predicted molar refractivity (Wildman–Crippen MR) is 74.6 cm³/mol. The van der Waals surface area contributed by atoms with Crippen molar-refractivity contribution in [2.75, 3.05) is 6.61 Å². The van der Waals surface area contributed by atoms with Crippen LogP contribution in [0.1, 0.15) is 37.0 Å². The van der Waals surface area contributed by atoms with Crippen molar-refractivity contribution in [1.82, 2.24) is 0 Å². The smallest absolute Gasteiger partial charge is 0.173 e. The molecule has 0 aliphatic carbocycles. The highest BCUT2D eigenvalue weighted by Gasteiger charge is 2.39. The van der Waals surface area contributed by atoms with Gasteiger partial charge < -0.3 is 10.2 Å². The third-order valence-corrected chi connectivity index (χ3v) is 3.72. The second-order valence-corrected chi connectivity index (χ2v) is 5.64. The Morgan fingerprint density at radius 1 is 1.50 bits per heavy atom. The van der Waals surface area contributed by atoms with Crippen LogP contribution in [-0.4, -0.2) is 28.7 Å². The van der Waals surface area contributed by atoms with Gasteiger partial charge >= 0.3 is 0 Å². The number of hydrogen-bond donors (Lipinski definition) is 2. The Hall–Kier alpha value is -0.710. The zero-order chi connectivity index (χ0) is 13.8. The maximum Gasteiger partial charge on any atom is 0.173 e. The molecular weight excluding hydrogens is 296 g/mol. The normalized spacial score (nSPS) is 16.1. The molecule has 0 aromatic heterocycles. The highest BCUT2D eigenvalue weighted by Crippen LogP contribution is 2.29. The van der Waals surface area contributed by atoms with Gasteiger partial charge in [-0.15, -0.1) is 0 Å². The molecular formula is C14H19BrO3. The van der Waals surface area contributed by atoms with Crippen LogP contribution < -0.4 is 0 Å². The Morgan fingerprint density at radius 2 is 2.17 bits per heavy atom. The molecule has 0 saturated heterocycles. The third kappa shape index (κ3) is 3.19. The summed E-state index contributed by atoms with van der Waals surface area (Å²) in [6.45, 7) is 3.18. The van der Waals surface area contributed by atoms with Gasteiger partial charge in [0.05, 0.1) is 18.1 Å². The van der Waals surface area contributed by atoms with Crippen molar-refractivity contribution < 1.29 is 15.0 Å². The third-order valence-electron chi connectivity index (χ3n) is 3.23. The fourth-order valence-electron chi connectivity index (χ4n) is 1.88. The van der Waals surface area contributed by atoms with Crippen molar-refractivity contribution in [3.8, 4) is 0 Å². The summed E-state index contributed by atoms with van der Waals surface area (Å²) in [5.41, 5.74) is -0.646. The molecule has 0 spiro atoms. The fourth-order valence-corrected chi connectivity index (χ4v) is 2.28. The lowest BCUT2D eigenvalue weighted by Gasteiger charge is -2.31. The van der Waals surface area contributed by atoms with Gasteiger partial charge in [-0.2, -0.15) is 0 Å². The number of benzene rings is 1. The van der Waals surface area contributed by atoms with Gasteiger partial charge in [0.25, 0.3) is 0 Å². The van der Waals surface area contributed by atoms with E-state index in [4.69, 9.17) is 0 Å². The zero-order valence-corrected chi connectivity index (χ0v) is 12.3. The van der Waals surface area contributed by atoms with Crippen LogP contribution in [-0.2, 0) is 0 Å². The Balaban J connectivity index is 3.05. The number of carbonyl (C=O) groups excluding carboxylic acids is 1. The van der Waals surface area contributed by atoms with E-state index in [0.717, 1.165) is 10.9 Å². The second kappa shape index (κ2) is 6.45. The van der Waals surface area contributed by atoms with E-state index in [-0.39, 0.29) is 12.4 Å². The predicted octanol–water partition coefficient (Wildman–Crippen LogP) is 2.79. The Bertz CT molecular complexity index is 419. The summed E-state index contributed by atoms with van der Waals surface area (Å²) in [5, 5.41) is 19.6. The molecule has 0 aliphatic heterocycles. The lowest BCUT2D eigenvalue weighted by Crippen LogP contribution is -2.43. The highest BCUT2D eigenvalue weighted by atomic mass is 79.9. The topological polar surface area (TPSA) is 57.5 Å². The van der Waals surface area contributed by atoms with Crippen LogP contribution in [0.25, 0.3) is 0 Å². The molecule has 2 N–H and O–H groups in total. The summed E-state index contributed by atoms with van der Waals surface area (Å²) in [4.78, 5) is 12.4.